The Kier molecular flexibility index (Phi) is 3.72. The lowest BCUT2D eigenvalue weighted by molar-refractivity contribution is -0.136. The number of ether oxygens (including phenoxy) is 2. The number of urea groups is 1. The monoisotopic (exact) mass is 287 g/mol. The minimum absolute atomic E-state index is 0.284. The number of hydrogen-bond acceptors (Lipinski definition) is 4. The van der Waals surface area contributed by atoms with Crippen LogP contribution in [0.4, 0.5) is 10.6 Å². The van der Waals surface area contributed by atoms with Crippen LogP contribution in [0.15, 0.2) is 36.5 Å². The van der Waals surface area contributed by atoms with Crippen LogP contribution in [0.25, 0.3) is 10.8 Å². The van der Waals surface area contributed by atoms with Crippen LogP contribution in [-0.2, 0) is 9.47 Å². The number of nitrogens with one attached hydrogen (secondary N) is 2. The first kappa shape index (κ1) is 13.8. The van der Waals surface area contributed by atoms with E-state index in [2.05, 4.69) is 15.6 Å². The van der Waals surface area contributed by atoms with Gasteiger partial charge in [0.25, 0.3) is 0 Å². The third-order valence-corrected chi connectivity index (χ3v) is 3.34. The summed E-state index contributed by atoms with van der Waals surface area (Å²) in [5.41, 5.74) is 0. The molecule has 2 aromatic rings. The average Bonchev–Trinajstić information content (AvgIpc) is 2.92. The van der Waals surface area contributed by atoms with Crippen LogP contribution in [0.3, 0.4) is 0 Å². The number of fused-ring (bicyclic) bond motifs is 1. The van der Waals surface area contributed by atoms with Crippen molar-refractivity contribution in [3.8, 4) is 0 Å². The zero-order chi connectivity index (χ0) is 14.7. The molecule has 3 rings (SSSR count). The Morgan fingerprint density at radius 3 is 2.76 bits per heavy atom. The van der Waals surface area contributed by atoms with Gasteiger partial charge in [-0.1, -0.05) is 24.3 Å². The summed E-state index contributed by atoms with van der Waals surface area (Å²) in [7, 11) is 0. The van der Waals surface area contributed by atoms with E-state index in [1.807, 2.05) is 30.3 Å². The Bertz CT molecular complexity index is 653. The molecule has 110 valence electrons. The van der Waals surface area contributed by atoms with Crippen molar-refractivity contribution in [3.63, 3.8) is 0 Å². The number of aromatic nitrogens is 1. The zero-order valence-corrected chi connectivity index (χ0v) is 11.8. The van der Waals surface area contributed by atoms with Crippen molar-refractivity contribution in [2.75, 3.05) is 25.1 Å². The lowest BCUT2D eigenvalue weighted by Crippen LogP contribution is -2.43. The molecule has 6 heteroatoms. The van der Waals surface area contributed by atoms with Gasteiger partial charge in [-0.3, -0.25) is 5.32 Å². The molecular formula is C15H17N3O3. The van der Waals surface area contributed by atoms with Gasteiger partial charge >= 0.3 is 6.03 Å². The molecule has 6 nitrogen and oxygen atoms in total. The number of amides is 2. The third-order valence-electron chi connectivity index (χ3n) is 3.34. The van der Waals surface area contributed by atoms with E-state index >= 15 is 0 Å². The fourth-order valence-corrected chi connectivity index (χ4v) is 2.21. The van der Waals surface area contributed by atoms with Gasteiger partial charge in [0.15, 0.2) is 5.79 Å². The Morgan fingerprint density at radius 2 is 2.00 bits per heavy atom. The molecule has 0 unspecified atom stereocenters. The van der Waals surface area contributed by atoms with Crippen molar-refractivity contribution >= 4 is 22.6 Å². The summed E-state index contributed by atoms with van der Waals surface area (Å²) in [5, 5.41) is 7.48. The lowest BCUT2D eigenvalue weighted by Gasteiger charge is -2.22. The molecule has 2 N–H and O–H groups in total. The molecule has 0 atom stereocenters. The highest BCUT2D eigenvalue weighted by molar-refractivity contribution is 5.91. The maximum Gasteiger partial charge on any atom is 0.320 e. The van der Waals surface area contributed by atoms with Crippen molar-refractivity contribution in [3.05, 3.63) is 36.5 Å². The predicted octanol–water partition coefficient (Wildman–Crippen LogP) is 2.12. The molecule has 2 heterocycles. The van der Waals surface area contributed by atoms with Crippen LogP contribution in [0.2, 0.25) is 0 Å². The van der Waals surface area contributed by atoms with Gasteiger partial charge in [-0.05, 0) is 18.4 Å². The maximum atomic E-state index is 11.9. The molecular weight excluding hydrogens is 270 g/mol. The minimum atomic E-state index is -0.742. The largest absolute Gasteiger partial charge is 0.346 e. The van der Waals surface area contributed by atoms with Gasteiger partial charge in [0.05, 0.1) is 19.8 Å². The van der Waals surface area contributed by atoms with Crippen molar-refractivity contribution in [2.45, 2.75) is 12.7 Å². The zero-order valence-electron chi connectivity index (χ0n) is 11.8. The molecule has 1 aliphatic rings. The molecule has 0 aliphatic carbocycles. The second-order valence-corrected chi connectivity index (χ2v) is 5.06. The molecule has 0 spiro atoms. The number of pyridine rings is 1. The molecule has 0 bridgehead atoms. The average molecular weight is 287 g/mol. The van der Waals surface area contributed by atoms with Gasteiger partial charge in [-0.15, -0.1) is 0 Å². The molecule has 0 radical (unpaired) electrons. The standard InChI is InChI=1S/C15H17N3O3/c1-15(20-6-7-21-15)10-17-14(19)18-13-8-11-4-2-3-5-12(11)9-16-13/h2-5,8-9H,6-7,10H2,1H3,(H2,16,17,18,19). The summed E-state index contributed by atoms with van der Waals surface area (Å²) in [6.07, 6.45) is 1.73. The second kappa shape index (κ2) is 5.67. The van der Waals surface area contributed by atoms with Gasteiger partial charge in [0, 0.05) is 11.6 Å². The van der Waals surface area contributed by atoms with Crippen LogP contribution in [0.1, 0.15) is 6.92 Å². The van der Waals surface area contributed by atoms with Gasteiger partial charge in [-0.2, -0.15) is 0 Å². The summed E-state index contributed by atoms with van der Waals surface area (Å²) in [6, 6.07) is 9.34. The quantitative estimate of drug-likeness (QED) is 0.907. The van der Waals surface area contributed by atoms with E-state index in [0.717, 1.165) is 10.8 Å². The van der Waals surface area contributed by atoms with Crippen LogP contribution >= 0.6 is 0 Å². The van der Waals surface area contributed by atoms with Gasteiger partial charge in [0.1, 0.15) is 5.82 Å². The minimum Gasteiger partial charge on any atom is -0.346 e. The van der Waals surface area contributed by atoms with Crippen LogP contribution in [0.5, 0.6) is 0 Å². The molecule has 1 aliphatic heterocycles. The summed E-state index contributed by atoms with van der Waals surface area (Å²) in [6.45, 7) is 3.18. The van der Waals surface area contributed by atoms with Crippen LogP contribution < -0.4 is 10.6 Å². The van der Waals surface area contributed by atoms with Crippen molar-refractivity contribution in [1.29, 1.82) is 0 Å². The fraction of sp³-hybridized carbons (Fsp3) is 0.333. The number of carbonyl (C=O) groups is 1. The molecule has 0 saturated carbocycles. The summed E-state index contributed by atoms with van der Waals surface area (Å²) >= 11 is 0. The topological polar surface area (TPSA) is 72.5 Å². The van der Waals surface area contributed by atoms with Gasteiger partial charge in [-0.25, -0.2) is 9.78 Å². The lowest BCUT2D eigenvalue weighted by atomic mass is 10.2. The van der Waals surface area contributed by atoms with E-state index in [1.54, 1.807) is 13.1 Å². The Morgan fingerprint density at radius 1 is 1.29 bits per heavy atom. The van der Waals surface area contributed by atoms with E-state index in [9.17, 15) is 4.79 Å². The Balaban J connectivity index is 1.60. The fourth-order valence-electron chi connectivity index (χ4n) is 2.21. The highest BCUT2D eigenvalue weighted by atomic mass is 16.7. The SMILES string of the molecule is CC1(CNC(=O)Nc2cc3ccccc3cn2)OCCO1. The molecule has 1 saturated heterocycles. The molecule has 1 fully saturated rings. The van der Waals surface area contributed by atoms with Gasteiger partial charge in [0.2, 0.25) is 0 Å². The van der Waals surface area contributed by atoms with Crippen LogP contribution in [-0.4, -0.2) is 36.6 Å². The summed E-state index contributed by atoms with van der Waals surface area (Å²) < 4.78 is 10.8. The number of nitrogens with zero attached hydrogens (tertiary/aromatic N) is 1. The van der Waals surface area contributed by atoms with E-state index in [0.29, 0.717) is 19.0 Å². The summed E-state index contributed by atoms with van der Waals surface area (Å²) in [5.74, 6) is -0.238. The first-order valence-corrected chi connectivity index (χ1v) is 6.82. The molecule has 2 amide bonds. The van der Waals surface area contributed by atoms with E-state index < -0.39 is 5.79 Å². The molecule has 1 aromatic heterocycles. The maximum absolute atomic E-state index is 11.9. The number of carbonyl (C=O) groups excluding carboxylic acids is 1. The van der Waals surface area contributed by atoms with Crippen molar-refractivity contribution in [1.82, 2.24) is 10.3 Å². The highest BCUT2D eigenvalue weighted by Crippen LogP contribution is 2.18. The van der Waals surface area contributed by atoms with E-state index in [-0.39, 0.29) is 12.6 Å². The predicted molar refractivity (Wildman–Crippen MR) is 79.1 cm³/mol. The number of benzene rings is 1. The number of rotatable bonds is 3. The van der Waals surface area contributed by atoms with Crippen molar-refractivity contribution in [2.24, 2.45) is 0 Å². The van der Waals surface area contributed by atoms with Crippen LogP contribution in [0, 0.1) is 0 Å². The number of anilines is 1. The smallest absolute Gasteiger partial charge is 0.320 e. The van der Waals surface area contributed by atoms with Gasteiger partial charge < -0.3 is 14.8 Å². The van der Waals surface area contributed by atoms with E-state index in [4.69, 9.17) is 9.47 Å². The Labute approximate surface area is 122 Å². The first-order valence-electron chi connectivity index (χ1n) is 6.82. The number of hydrogen-bond donors (Lipinski definition) is 2. The second-order valence-electron chi connectivity index (χ2n) is 5.06. The van der Waals surface area contributed by atoms with E-state index in [1.165, 1.54) is 0 Å². The highest BCUT2D eigenvalue weighted by Gasteiger charge is 2.31. The third kappa shape index (κ3) is 3.29. The Hall–Kier alpha value is -2.18. The first-order chi connectivity index (χ1) is 10.1. The normalized spacial score (nSPS) is 16.8. The van der Waals surface area contributed by atoms with Crippen molar-refractivity contribution < 1.29 is 14.3 Å². The summed E-state index contributed by atoms with van der Waals surface area (Å²) in [4.78, 5) is 16.1. The molecule has 21 heavy (non-hydrogen) atoms. The molecule has 1 aromatic carbocycles.